The van der Waals surface area contributed by atoms with E-state index in [-0.39, 0.29) is 5.75 Å². The summed E-state index contributed by atoms with van der Waals surface area (Å²) in [5.41, 5.74) is 2.89. The first-order valence-corrected chi connectivity index (χ1v) is 5.81. The molecule has 3 nitrogen and oxygen atoms in total. The largest absolute Gasteiger partial charge is 0.388 e. The molecule has 2 atom stereocenters. The Balaban J connectivity index is 2.30. The molecule has 0 aromatic heterocycles. The van der Waals surface area contributed by atoms with E-state index in [0.717, 1.165) is 29.5 Å². The highest BCUT2D eigenvalue weighted by atomic mass is 32.2. The van der Waals surface area contributed by atoms with Gasteiger partial charge in [-0.15, -0.1) is 0 Å². The first kappa shape index (κ1) is 9.83. The van der Waals surface area contributed by atoms with E-state index in [4.69, 9.17) is 4.55 Å². The van der Waals surface area contributed by atoms with Crippen LogP contribution in [0, 0.1) is 0 Å². The lowest BCUT2D eigenvalue weighted by atomic mass is 10.1. The van der Waals surface area contributed by atoms with Crippen LogP contribution in [0.3, 0.4) is 0 Å². The number of hydrogen-bond donors (Lipinski definition) is 2. The summed E-state index contributed by atoms with van der Waals surface area (Å²) in [4.78, 5) is 0. The molecule has 1 aliphatic rings. The van der Waals surface area contributed by atoms with E-state index in [1.165, 1.54) is 0 Å². The third-order valence-electron chi connectivity index (χ3n) is 2.55. The second-order valence-electron chi connectivity index (χ2n) is 3.55. The molecule has 1 aromatic carbocycles. The Morgan fingerprint density at radius 3 is 3.00 bits per heavy atom. The van der Waals surface area contributed by atoms with Crippen LogP contribution < -0.4 is 0 Å². The number of aryl methyl sites for hydroxylation is 1. The lowest BCUT2D eigenvalue weighted by Gasteiger charge is -2.05. The van der Waals surface area contributed by atoms with Crippen molar-refractivity contribution in [1.82, 2.24) is 0 Å². The zero-order valence-electron chi connectivity index (χ0n) is 7.64. The molecule has 0 saturated heterocycles. The number of rotatable bonds is 2. The van der Waals surface area contributed by atoms with Crippen molar-refractivity contribution >= 4 is 11.1 Å². The van der Waals surface area contributed by atoms with Crippen molar-refractivity contribution in [2.24, 2.45) is 0 Å². The van der Waals surface area contributed by atoms with Crippen LogP contribution in [-0.2, 0) is 23.3 Å². The molecule has 0 spiro atoms. The Bertz CT molecular complexity index is 376. The van der Waals surface area contributed by atoms with Crippen molar-refractivity contribution in [1.29, 1.82) is 0 Å². The molecule has 2 unspecified atom stereocenters. The average molecular weight is 212 g/mol. The van der Waals surface area contributed by atoms with E-state index in [1.807, 2.05) is 18.2 Å². The van der Waals surface area contributed by atoms with Gasteiger partial charge in [-0.2, -0.15) is 0 Å². The normalized spacial score (nSPS) is 22.0. The Morgan fingerprint density at radius 1 is 1.50 bits per heavy atom. The van der Waals surface area contributed by atoms with Gasteiger partial charge in [-0.1, -0.05) is 18.2 Å². The Labute approximate surface area is 85.1 Å². The van der Waals surface area contributed by atoms with Gasteiger partial charge >= 0.3 is 0 Å². The summed E-state index contributed by atoms with van der Waals surface area (Å²) >= 11 is -1.81. The molecule has 14 heavy (non-hydrogen) atoms. The first-order chi connectivity index (χ1) is 6.66. The lowest BCUT2D eigenvalue weighted by Crippen LogP contribution is -1.96. The molecule has 0 fully saturated rings. The van der Waals surface area contributed by atoms with Crippen molar-refractivity contribution in [3.8, 4) is 0 Å². The van der Waals surface area contributed by atoms with Gasteiger partial charge in [0.15, 0.2) is 11.1 Å². The quantitative estimate of drug-likeness (QED) is 0.728. The summed E-state index contributed by atoms with van der Waals surface area (Å²) in [5.74, 6) is 0.139. The highest BCUT2D eigenvalue weighted by Crippen LogP contribution is 2.31. The molecule has 0 saturated carbocycles. The molecular weight excluding hydrogens is 200 g/mol. The predicted octanol–water partition coefficient (Wildman–Crippen LogP) is 1.39. The summed E-state index contributed by atoms with van der Waals surface area (Å²) in [6, 6.07) is 5.62. The zero-order chi connectivity index (χ0) is 10.1. The highest BCUT2D eigenvalue weighted by molar-refractivity contribution is 7.78. The van der Waals surface area contributed by atoms with Crippen LogP contribution in [0.2, 0.25) is 0 Å². The molecule has 0 heterocycles. The van der Waals surface area contributed by atoms with Crippen LogP contribution >= 0.6 is 0 Å². The average Bonchev–Trinajstić information content (AvgIpc) is 2.47. The zero-order valence-corrected chi connectivity index (χ0v) is 8.46. The minimum atomic E-state index is -1.81. The van der Waals surface area contributed by atoms with Gasteiger partial charge in [0.1, 0.15) is 0 Å². The highest BCUT2D eigenvalue weighted by Gasteiger charge is 2.20. The van der Waals surface area contributed by atoms with E-state index >= 15 is 0 Å². The van der Waals surface area contributed by atoms with Crippen molar-refractivity contribution in [2.45, 2.75) is 24.7 Å². The molecule has 76 valence electrons. The fraction of sp³-hybridized carbons (Fsp3) is 0.400. The van der Waals surface area contributed by atoms with Crippen molar-refractivity contribution in [2.75, 3.05) is 0 Å². The van der Waals surface area contributed by atoms with Gasteiger partial charge in [0.2, 0.25) is 0 Å². The summed E-state index contributed by atoms with van der Waals surface area (Å²) in [6.07, 6.45) is 1.28. The topological polar surface area (TPSA) is 57.5 Å². The van der Waals surface area contributed by atoms with Crippen LogP contribution in [0.25, 0.3) is 0 Å². The van der Waals surface area contributed by atoms with Crippen LogP contribution in [0.4, 0.5) is 0 Å². The van der Waals surface area contributed by atoms with Crippen molar-refractivity contribution in [3.05, 3.63) is 34.9 Å². The van der Waals surface area contributed by atoms with Crippen molar-refractivity contribution < 1.29 is 13.9 Å². The molecule has 4 heteroatoms. The van der Waals surface area contributed by atoms with Gasteiger partial charge in [-0.25, -0.2) is 4.21 Å². The second-order valence-corrected chi connectivity index (χ2v) is 4.49. The van der Waals surface area contributed by atoms with Crippen LogP contribution in [-0.4, -0.2) is 13.9 Å². The molecule has 0 aliphatic heterocycles. The molecule has 0 radical (unpaired) electrons. The van der Waals surface area contributed by atoms with Crippen LogP contribution in [0.1, 0.15) is 29.2 Å². The van der Waals surface area contributed by atoms with Gasteiger partial charge in [-0.05, 0) is 29.5 Å². The molecular formula is C10H12O3S. The third kappa shape index (κ3) is 1.87. The Morgan fingerprint density at radius 2 is 2.29 bits per heavy atom. The number of aliphatic hydroxyl groups excluding tert-OH is 1. The molecule has 2 N–H and O–H groups in total. The third-order valence-corrected chi connectivity index (χ3v) is 3.13. The predicted molar refractivity (Wildman–Crippen MR) is 54.2 cm³/mol. The van der Waals surface area contributed by atoms with Crippen molar-refractivity contribution in [3.63, 3.8) is 0 Å². The van der Waals surface area contributed by atoms with E-state index in [9.17, 15) is 9.32 Å². The number of aliphatic hydroxyl groups is 1. The minimum absolute atomic E-state index is 0.139. The molecule has 2 rings (SSSR count). The molecule has 1 aromatic rings. The molecule has 0 bridgehead atoms. The number of fused-ring (bicyclic) bond motifs is 1. The van der Waals surface area contributed by atoms with Gasteiger partial charge in [-0.3, -0.25) is 0 Å². The Hall–Kier alpha value is -0.710. The summed E-state index contributed by atoms with van der Waals surface area (Å²) in [6.45, 7) is 0. The fourth-order valence-corrected chi connectivity index (χ4v) is 2.33. The van der Waals surface area contributed by atoms with Crippen LogP contribution in [0.5, 0.6) is 0 Å². The first-order valence-electron chi connectivity index (χ1n) is 4.54. The maximum atomic E-state index is 10.6. The van der Waals surface area contributed by atoms with Gasteiger partial charge in [0.05, 0.1) is 11.9 Å². The molecule has 1 aliphatic carbocycles. The smallest absolute Gasteiger partial charge is 0.157 e. The summed E-state index contributed by atoms with van der Waals surface area (Å²) in [7, 11) is 0. The molecule has 0 amide bonds. The lowest BCUT2D eigenvalue weighted by molar-refractivity contribution is 0.180. The Kier molecular flexibility index (Phi) is 2.67. The minimum Gasteiger partial charge on any atom is -0.388 e. The fourth-order valence-electron chi connectivity index (χ4n) is 1.86. The van der Waals surface area contributed by atoms with Gasteiger partial charge in [0, 0.05) is 0 Å². The van der Waals surface area contributed by atoms with E-state index in [1.54, 1.807) is 0 Å². The SMILES string of the molecule is O=S(O)Cc1ccc2c(c1)C(O)CC2. The maximum absolute atomic E-state index is 10.6. The summed E-state index contributed by atoms with van der Waals surface area (Å²) in [5, 5.41) is 9.60. The number of hydrogen-bond acceptors (Lipinski definition) is 2. The van der Waals surface area contributed by atoms with Gasteiger partial charge < -0.3 is 9.66 Å². The van der Waals surface area contributed by atoms with E-state index in [2.05, 4.69) is 0 Å². The monoisotopic (exact) mass is 212 g/mol. The van der Waals surface area contributed by atoms with Gasteiger partial charge in [0.25, 0.3) is 0 Å². The standard InChI is InChI=1S/C10H12O3S/c11-10-4-3-8-2-1-7(5-9(8)10)6-14(12)13/h1-2,5,10-11H,3-4,6H2,(H,12,13). The second kappa shape index (κ2) is 3.81. The van der Waals surface area contributed by atoms with E-state index < -0.39 is 17.2 Å². The maximum Gasteiger partial charge on any atom is 0.157 e. The van der Waals surface area contributed by atoms with Crippen LogP contribution in [0.15, 0.2) is 18.2 Å². The summed E-state index contributed by atoms with van der Waals surface area (Å²) < 4.78 is 19.3. The number of benzene rings is 1. The van der Waals surface area contributed by atoms with E-state index in [0.29, 0.717) is 0 Å².